The molecule has 1 aromatic carbocycles. The molecular weight excluding hydrogens is 262 g/mol. The molecule has 1 N–H and O–H groups in total. The second-order valence-electron chi connectivity index (χ2n) is 5.74. The van der Waals surface area contributed by atoms with Crippen LogP contribution in [0.2, 0.25) is 0 Å². The average molecular weight is 291 g/mol. The highest BCUT2D eigenvalue weighted by Gasteiger charge is 2.20. The Morgan fingerprint density at radius 3 is 2.95 bits per heavy atom. The standard InChI is InChI=1S/C18H29NO2/c1-3-11-19-18(14-17-9-5-6-12-21-17)15-8-7-10-16(13-15)20-4-2/h7-8,10,13,17-19H,3-6,9,11-12,14H2,1-2H3. The van der Waals surface area contributed by atoms with Crippen LogP contribution in [0, 0.1) is 0 Å². The Morgan fingerprint density at radius 2 is 2.24 bits per heavy atom. The van der Waals surface area contributed by atoms with Crippen molar-refractivity contribution >= 4 is 0 Å². The Hall–Kier alpha value is -1.06. The lowest BCUT2D eigenvalue weighted by molar-refractivity contribution is 0.00503. The van der Waals surface area contributed by atoms with Gasteiger partial charge in [0.05, 0.1) is 12.7 Å². The van der Waals surface area contributed by atoms with Gasteiger partial charge in [0.25, 0.3) is 0 Å². The van der Waals surface area contributed by atoms with Gasteiger partial charge in [-0.3, -0.25) is 0 Å². The first-order valence-corrected chi connectivity index (χ1v) is 8.41. The quantitative estimate of drug-likeness (QED) is 0.782. The van der Waals surface area contributed by atoms with Gasteiger partial charge in [0.15, 0.2) is 0 Å². The summed E-state index contributed by atoms with van der Waals surface area (Å²) >= 11 is 0. The Bertz CT molecular complexity index is 402. The normalized spacial score (nSPS) is 20.2. The van der Waals surface area contributed by atoms with Crippen molar-refractivity contribution in [3.05, 3.63) is 29.8 Å². The molecule has 2 atom stereocenters. The maximum Gasteiger partial charge on any atom is 0.119 e. The summed E-state index contributed by atoms with van der Waals surface area (Å²) < 4.78 is 11.5. The summed E-state index contributed by atoms with van der Waals surface area (Å²) in [7, 11) is 0. The van der Waals surface area contributed by atoms with Crippen LogP contribution >= 0.6 is 0 Å². The number of hydrogen-bond donors (Lipinski definition) is 1. The van der Waals surface area contributed by atoms with Gasteiger partial charge in [-0.15, -0.1) is 0 Å². The van der Waals surface area contributed by atoms with Crippen LogP contribution in [0.5, 0.6) is 5.75 Å². The van der Waals surface area contributed by atoms with Gasteiger partial charge in [0, 0.05) is 12.6 Å². The van der Waals surface area contributed by atoms with Gasteiger partial charge in [0.1, 0.15) is 5.75 Å². The lowest BCUT2D eigenvalue weighted by Gasteiger charge is -2.28. The fourth-order valence-corrected chi connectivity index (χ4v) is 2.90. The minimum Gasteiger partial charge on any atom is -0.494 e. The van der Waals surface area contributed by atoms with E-state index in [2.05, 4.69) is 30.4 Å². The van der Waals surface area contributed by atoms with Crippen molar-refractivity contribution < 1.29 is 9.47 Å². The van der Waals surface area contributed by atoms with E-state index >= 15 is 0 Å². The van der Waals surface area contributed by atoms with Gasteiger partial charge in [0.2, 0.25) is 0 Å². The predicted molar refractivity (Wildman–Crippen MR) is 86.9 cm³/mol. The number of rotatable bonds is 8. The molecule has 21 heavy (non-hydrogen) atoms. The molecule has 1 aliphatic heterocycles. The van der Waals surface area contributed by atoms with Gasteiger partial charge < -0.3 is 14.8 Å². The summed E-state index contributed by atoms with van der Waals surface area (Å²) in [4.78, 5) is 0. The highest BCUT2D eigenvalue weighted by Crippen LogP contribution is 2.27. The third-order valence-corrected chi connectivity index (χ3v) is 3.98. The van der Waals surface area contributed by atoms with Crippen LogP contribution in [0.3, 0.4) is 0 Å². The van der Waals surface area contributed by atoms with E-state index in [1.54, 1.807) is 0 Å². The molecule has 1 aromatic rings. The number of ether oxygens (including phenoxy) is 2. The number of benzene rings is 1. The maximum atomic E-state index is 5.92. The second-order valence-corrected chi connectivity index (χ2v) is 5.74. The third-order valence-electron chi connectivity index (χ3n) is 3.98. The molecule has 118 valence electrons. The molecule has 1 heterocycles. The molecule has 0 radical (unpaired) electrons. The van der Waals surface area contributed by atoms with Gasteiger partial charge in [-0.25, -0.2) is 0 Å². The molecule has 0 aliphatic carbocycles. The minimum absolute atomic E-state index is 0.355. The Kier molecular flexibility index (Phi) is 7.04. The van der Waals surface area contributed by atoms with Gasteiger partial charge in [-0.2, -0.15) is 0 Å². The van der Waals surface area contributed by atoms with Crippen molar-refractivity contribution in [2.24, 2.45) is 0 Å². The highest BCUT2D eigenvalue weighted by atomic mass is 16.5. The van der Waals surface area contributed by atoms with Crippen molar-refractivity contribution in [2.75, 3.05) is 19.8 Å². The summed E-state index contributed by atoms with van der Waals surface area (Å²) in [5, 5.41) is 3.67. The van der Waals surface area contributed by atoms with E-state index in [4.69, 9.17) is 9.47 Å². The zero-order valence-corrected chi connectivity index (χ0v) is 13.4. The molecule has 0 bridgehead atoms. The largest absolute Gasteiger partial charge is 0.494 e. The van der Waals surface area contributed by atoms with Gasteiger partial charge in [-0.1, -0.05) is 19.1 Å². The minimum atomic E-state index is 0.355. The Morgan fingerprint density at radius 1 is 1.33 bits per heavy atom. The first-order valence-electron chi connectivity index (χ1n) is 8.41. The van der Waals surface area contributed by atoms with Crippen LogP contribution in [-0.4, -0.2) is 25.9 Å². The van der Waals surface area contributed by atoms with Crippen LogP contribution < -0.4 is 10.1 Å². The van der Waals surface area contributed by atoms with Crippen molar-refractivity contribution in [1.29, 1.82) is 0 Å². The predicted octanol–water partition coefficient (Wildman–Crippen LogP) is 4.09. The monoisotopic (exact) mass is 291 g/mol. The van der Waals surface area contributed by atoms with E-state index in [1.165, 1.54) is 24.8 Å². The topological polar surface area (TPSA) is 30.5 Å². The third kappa shape index (κ3) is 5.33. The molecular formula is C18H29NO2. The lowest BCUT2D eigenvalue weighted by Crippen LogP contribution is -2.29. The van der Waals surface area contributed by atoms with Crippen LogP contribution in [0.1, 0.15) is 57.6 Å². The van der Waals surface area contributed by atoms with E-state index in [0.717, 1.165) is 31.7 Å². The van der Waals surface area contributed by atoms with Crippen molar-refractivity contribution in [3.8, 4) is 5.75 Å². The zero-order chi connectivity index (χ0) is 14.9. The smallest absolute Gasteiger partial charge is 0.119 e. The highest BCUT2D eigenvalue weighted by molar-refractivity contribution is 5.30. The van der Waals surface area contributed by atoms with Crippen LogP contribution in [0.4, 0.5) is 0 Å². The van der Waals surface area contributed by atoms with E-state index in [1.807, 2.05) is 13.0 Å². The van der Waals surface area contributed by atoms with Gasteiger partial charge in [-0.05, 0) is 63.3 Å². The average Bonchev–Trinajstić information content (AvgIpc) is 2.53. The zero-order valence-electron chi connectivity index (χ0n) is 13.4. The van der Waals surface area contributed by atoms with Crippen molar-refractivity contribution in [2.45, 2.75) is 58.1 Å². The molecule has 2 unspecified atom stereocenters. The second kappa shape index (κ2) is 9.06. The van der Waals surface area contributed by atoms with E-state index in [0.29, 0.717) is 18.8 Å². The fourth-order valence-electron chi connectivity index (χ4n) is 2.90. The molecule has 1 aliphatic rings. The number of hydrogen-bond acceptors (Lipinski definition) is 3. The molecule has 0 saturated carbocycles. The SMILES string of the molecule is CCCNC(CC1CCCCO1)c1cccc(OCC)c1. The van der Waals surface area contributed by atoms with E-state index < -0.39 is 0 Å². The molecule has 0 amide bonds. The Labute approximate surface area is 129 Å². The summed E-state index contributed by atoms with van der Waals surface area (Å²) in [6.07, 6.45) is 6.29. The first-order chi connectivity index (χ1) is 10.3. The van der Waals surface area contributed by atoms with Crippen LogP contribution in [0.15, 0.2) is 24.3 Å². The summed E-state index contributed by atoms with van der Waals surface area (Å²) in [5.41, 5.74) is 1.31. The number of nitrogens with one attached hydrogen (secondary N) is 1. The first kappa shape index (κ1) is 16.3. The van der Waals surface area contributed by atoms with E-state index in [-0.39, 0.29) is 0 Å². The van der Waals surface area contributed by atoms with Crippen molar-refractivity contribution in [1.82, 2.24) is 5.32 Å². The van der Waals surface area contributed by atoms with Crippen LogP contribution in [0.25, 0.3) is 0 Å². The van der Waals surface area contributed by atoms with E-state index in [9.17, 15) is 0 Å². The molecule has 0 spiro atoms. The lowest BCUT2D eigenvalue weighted by atomic mass is 9.96. The summed E-state index contributed by atoms with van der Waals surface area (Å²) in [6, 6.07) is 8.83. The van der Waals surface area contributed by atoms with Crippen LogP contribution in [-0.2, 0) is 4.74 Å². The summed E-state index contributed by atoms with van der Waals surface area (Å²) in [5.74, 6) is 0.961. The fraction of sp³-hybridized carbons (Fsp3) is 0.667. The maximum absolute atomic E-state index is 5.92. The van der Waals surface area contributed by atoms with Crippen molar-refractivity contribution in [3.63, 3.8) is 0 Å². The molecule has 1 saturated heterocycles. The molecule has 2 rings (SSSR count). The van der Waals surface area contributed by atoms with Gasteiger partial charge >= 0.3 is 0 Å². The molecule has 3 heteroatoms. The molecule has 1 fully saturated rings. The Balaban J connectivity index is 2.04. The molecule has 3 nitrogen and oxygen atoms in total. The molecule has 0 aromatic heterocycles. The summed E-state index contributed by atoms with van der Waals surface area (Å²) in [6.45, 7) is 6.90.